The summed E-state index contributed by atoms with van der Waals surface area (Å²) >= 11 is 5.63. The smallest absolute Gasteiger partial charge is 0.126 e. The van der Waals surface area contributed by atoms with Gasteiger partial charge in [0.25, 0.3) is 0 Å². The van der Waals surface area contributed by atoms with Gasteiger partial charge in [-0.3, -0.25) is 0 Å². The highest BCUT2D eigenvalue weighted by atomic mass is 35.5. The normalized spacial score (nSPS) is 11.0. The number of aryl methyl sites for hydroxylation is 1. The summed E-state index contributed by atoms with van der Waals surface area (Å²) in [6, 6.07) is 5.28. The lowest BCUT2D eigenvalue weighted by Crippen LogP contribution is -2.23. The molecule has 1 rings (SSSR count). The number of rotatable bonds is 5. The van der Waals surface area contributed by atoms with Crippen LogP contribution in [0.3, 0.4) is 0 Å². The third kappa shape index (κ3) is 4.18. The molecule has 0 heterocycles. The third-order valence-electron chi connectivity index (χ3n) is 2.47. The summed E-state index contributed by atoms with van der Waals surface area (Å²) in [4.78, 5) is 2.17. The molecule has 0 spiro atoms. The lowest BCUT2D eigenvalue weighted by molar-refractivity contribution is 0.359. The van der Waals surface area contributed by atoms with E-state index in [4.69, 9.17) is 11.6 Å². The van der Waals surface area contributed by atoms with Crippen molar-refractivity contribution in [3.8, 4) is 0 Å². The third-order valence-corrected chi connectivity index (χ3v) is 2.64. The lowest BCUT2D eigenvalue weighted by Gasteiger charge is -2.14. The topological polar surface area (TPSA) is 3.24 Å². The molecule has 0 radical (unpaired) electrons. The number of hydrogen-bond acceptors (Lipinski definition) is 1. The van der Waals surface area contributed by atoms with Crippen LogP contribution < -0.4 is 0 Å². The first kappa shape index (κ1) is 12.5. The second kappa shape index (κ2) is 6.09. The SMILES string of the molecule is Cc1cc(CCN(C)CCCl)ccc1F. The maximum atomic E-state index is 13.0. The second-order valence-electron chi connectivity index (χ2n) is 3.83. The zero-order valence-corrected chi connectivity index (χ0v) is 10.0. The van der Waals surface area contributed by atoms with E-state index in [2.05, 4.69) is 4.90 Å². The van der Waals surface area contributed by atoms with Crippen molar-refractivity contribution >= 4 is 11.6 Å². The molecule has 15 heavy (non-hydrogen) atoms. The van der Waals surface area contributed by atoms with Gasteiger partial charge in [0, 0.05) is 19.0 Å². The molecule has 0 atom stereocenters. The van der Waals surface area contributed by atoms with Crippen LogP contribution in [0.1, 0.15) is 11.1 Å². The predicted octanol–water partition coefficient (Wildman–Crippen LogP) is 2.85. The quantitative estimate of drug-likeness (QED) is 0.702. The standard InChI is InChI=1S/C12H17ClFN/c1-10-9-11(3-4-12(10)14)5-7-15(2)8-6-13/h3-4,9H,5-8H2,1-2H3. The average molecular weight is 230 g/mol. The largest absolute Gasteiger partial charge is 0.305 e. The summed E-state index contributed by atoms with van der Waals surface area (Å²) in [6.07, 6.45) is 0.939. The molecule has 0 aliphatic heterocycles. The Bertz CT molecular complexity index is 314. The first-order valence-electron chi connectivity index (χ1n) is 5.13. The summed E-state index contributed by atoms with van der Waals surface area (Å²) in [6.45, 7) is 3.64. The van der Waals surface area contributed by atoms with Crippen LogP contribution in [0.2, 0.25) is 0 Å². The molecule has 0 unspecified atom stereocenters. The molecule has 1 nitrogen and oxygen atoms in total. The Morgan fingerprint density at radius 1 is 1.33 bits per heavy atom. The molecule has 0 bridgehead atoms. The number of likely N-dealkylation sites (N-methyl/N-ethyl adjacent to an activating group) is 1. The molecule has 0 aliphatic rings. The van der Waals surface area contributed by atoms with E-state index in [0.29, 0.717) is 11.4 Å². The van der Waals surface area contributed by atoms with Crippen LogP contribution in [-0.2, 0) is 6.42 Å². The van der Waals surface area contributed by atoms with Crippen molar-refractivity contribution in [2.75, 3.05) is 26.0 Å². The van der Waals surface area contributed by atoms with Gasteiger partial charge in [-0.2, -0.15) is 0 Å². The lowest BCUT2D eigenvalue weighted by atomic mass is 10.1. The Balaban J connectivity index is 2.47. The van der Waals surface area contributed by atoms with E-state index in [9.17, 15) is 4.39 Å². The fraction of sp³-hybridized carbons (Fsp3) is 0.500. The van der Waals surface area contributed by atoms with Crippen LogP contribution in [0, 0.1) is 12.7 Å². The molecule has 0 aromatic heterocycles. The van der Waals surface area contributed by atoms with E-state index in [-0.39, 0.29) is 5.82 Å². The van der Waals surface area contributed by atoms with Crippen LogP contribution >= 0.6 is 11.6 Å². The Hall–Kier alpha value is -0.600. The summed E-state index contributed by atoms with van der Waals surface area (Å²) in [5, 5.41) is 0. The minimum atomic E-state index is -0.132. The predicted molar refractivity (Wildman–Crippen MR) is 63.1 cm³/mol. The molecule has 0 fully saturated rings. The Morgan fingerprint density at radius 3 is 2.67 bits per heavy atom. The highest BCUT2D eigenvalue weighted by molar-refractivity contribution is 6.18. The van der Waals surface area contributed by atoms with Gasteiger partial charge in [0.05, 0.1) is 0 Å². The average Bonchev–Trinajstić information content (AvgIpc) is 2.20. The van der Waals surface area contributed by atoms with Crippen molar-refractivity contribution in [2.45, 2.75) is 13.3 Å². The van der Waals surface area contributed by atoms with Gasteiger partial charge in [-0.1, -0.05) is 12.1 Å². The molecule has 0 aliphatic carbocycles. The molecule has 0 saturated heterocycles. The maximum Gasteiger partial charge on any atom is 0.126 e. The number of hydrogen-bond donors (Lipinski definition) is 0. The molecule has 0 saturated carbocycles. The van der Waals surface area contributed by atoms with Gasteiger partial charge < -0.3 is 4.90 Å². The molecular formula is C12H17ClFN. The summed E-state index contributed by atoms with van der Waals surface area (Å²) < 4.78 is 13.0. The first-order chi connectivity index (χ1) is 7.13. The van der Waals surface area contributed by atoms with Crippen molar-refractivity contribution in [2.24, 2.45) is 0 Å². The zero-order valence-electron chi connectivity index (χ0n) is 9.26. The van der Waals surface area contributed by atoms with E-state index >= 15 is 0 Å². The van der Waals surface area contributed by atoms with Crippen LogP contribution in [0.4, 0.5) is 4.39 Å². The highest BCUT2D eigenvalue weighted by Crippen LogP contribution is 2.09. The molecule has 3 heteroatoms. The van der Waals surface area contributed by atoms with Crippen molar-refractivity contribution in [1.29, 1.82) is 0 Å². The van der Waals surface area contributed by atoms with Crippen LogP contribution in [0.15, 0.2) is 18.2 Å². The van der Waals surface area contributed by atoms with Gasteiger partial charge in [-0.25, -0.2) is 4.39 Å². The second-order valence-corrected chi connectivity index (χ2v) is 4.20. The number of nitrogens with zero attached hydrogens (tertiary/aromatic N) is 1. The van der Waals surface area contributed by atoms with E-state index in [1.807, 2.05) is 19.2 Å². The van der Waals surface area contributed by atoms with Gasteiger partial charge in [-0.15, -0.1) is 11.6 Å². The van der Waals surface area contributed by atoms with Crippen molar-refractivity contribution < 1.29 is 4.39 Å². The molecule has 0 amide bonds. The van der Waals surface area contributed by atoms with Gasteiger partial charge in [0.1, 0.15) is 5.82 Å². The van der Waals surface area contributed by atoms with Gasteiger partial charge in [-0.05, 0) is 37.6 Å². The van der Waals surface area contributed by atoms with E-state index in [0.717, 1.165) is 19.5 Å². The van der Waals surface area contributed by atoms with Gasteiger partial charge in [0.2, 0.25) is 0 Å². The zero-order chi connectivity index (χ0) is 11.3. The van der Waals surface area contributed by atoms with Crippen molar-refractivity contribution in [3.05, 3.63) is 35.1 Å². The maximum absolute atomic E-state index is 13.0. The number of benzene rings is 1. The fourth-order valence-electron chi connectivity index (χ4n) is 1.44. The Morgan fingerprint density at radius 2 is 2.07 bits per heavy atom. The minimum Gasteiger partial charge on any atom is -0.305 e. The number of alkyl halides is 1. The van der Waals surface area contributed by atoms with Gasteiger partial charge in [0.15, 0.2) is 0 Å². The van der Waals surface area contributed by atoms with Crippen molar-refractivity contribution in [3.63, 3.8) is 0 Å². The number of halogens is 2. The molecular weight excluding hydrogens is 213 g/mol. The van der Waals surface area contributed by atoms with E-state index in [1.54, 1.807) is 6.92 Å². The van der Waals surface area contributed by atoms with Crippen LogP contribution in [-0.4, -0.2) is 30.9 Å². The molecule has 1 aromatic carbocycles. The van der Waals surface area contributed by atoms with Crippen molar-refractivity contribution in [1.82, 2.24) is 4.90 Å². The summed E-state index contributed by atoms with van der Waals surface area (Å²) in [5.41, 5.74) is 1.89. The van der Waals surface area contributed by atoms with Crippen LogP contribution in [0.25, 0.3) is 0 Å². The summed E-state index contributed by atoms with van der Waals surface area (Å²) in [5.74, 6) is 0.520. The minimum absolute atomic E-state index is 0.132. The monoisotopic (exact) mass is 229 g/mol. The fourth-order valence-corrected chi connectivity index (χ4v) is 1.73. The first-order valence-corrected chi connectivity index (χ1v) is 5.66. The molecule has 84 valence electrons. The van der Waals surface area contributed by atoms with E-state index < -0.39 is 0 Å². The Labute approximate surface area is 95.8 Å². The Kier molecular flexibility index (Phi) is 5.06. The summed E-state index contributed by atoms with van der Waals surface area (Å²) in [7, 11) is 2.04. The highest BCUT2D eigenvalue weighted by Gasteiger charge is 2.01. The van der Waals surface area contributed by atoms with E-state index in [1.165, 1.54) is 11.6 Å². The van der Waals surface area contributed by atoms with Crippen LogP contribution in [0.5, 0.6) is 0 Å². The molecule has 1 aromatic rings. The van der Waals surface area contributed by atoms with Gasteiger partial charge >= 0.3 is 0 Å². The molecule has 0 N–H and O–H groups in total.